The summed E-state index contributed by atoms with van der Waals surface area (Å²) in [7, 11) is 0. The number of imidazole rings is 1. The molecule has 3 aromatic rings. The van der Waals surface area contributed by atoms with Crippen molar-refractivity contribution in [1.82, 2.24) is 25.2 Å². The summed E-state index contributed by atoms with van der Waals surface area (Å²) in [4.78, 5) is 30.3. The molecule has 15 heteroatoms. The van der Waals surface area contributed by atoms with Crippen LogP contribution in [0, 0.1) is 11.8 Å². The Labute approximate surface area is 252 Å². The van der Waals surface area contributed by atoms with Crippen LogP contribution in [-0.2, 0) is 11.2 Å². The normalized spacial score (nSPS) is 18.8. The molecule has 2 amide bonds. The minimum atomic E-state index is -4.56. The smallest absolute Gasteiger partial charge is 0.349 e. The number of carbonyl (C=O) groups is 2. The maximum absolute atomic E-state index is 14.0. The van der Waals surface area contributed by atoms with Crippen LogP contribution in [0.5, 0.6) is 0 Å². The largest absolute Gasteiger partial charge is 0.393 e. The molecule has 0 saturated heterocycles. The van der Waals surface area contributed by atoms with E-state index >= 15 is 0 Å². The number of fused-ring (bicyclic) bond motifs is 1. The first-order valence-corrected chi connectivity index (χ1v) is 14.6. The molecule has 0 radical (unpaired) electrons. The van der Waals surface area contributed by atoms with Crippen LogP contribution in [0.25, 0.3) is 5.65 Å². The summed E-state index contributed by atoms with van der Waals surface area (Å²) in [5.41, 5.74) is 0.616. The maximum Gasteiger partial charge on any atom is 0.393 e. The zero-order valence-corrected chi connectivity index (χ0v) is 23.9. The third-order valence-electron chi connectivity index (χ3n) is 8.26. The summed E-state index contributed by atoms with van der Waals surface area (Å²) in [5, 5.41) is 9.74. The third kappa shape index (κ3) is 8.69. The lowest BCUT2D eigenvalue weighted by Crippen LogP contribution is -2.37. The molecule has 2 aliphatic carbocycles. The molecule has 2 aliphatic rings. The van der Waals surface area contributed by atoms with Gasteiger partial charge in [0.2, 0.25) is 11.8 Å². The second-order valence-corrected chi connectivity index (χ2v) is 11.8. The molecule has 2 fully saturated rings. The van der Waals surface area contributed by atoms with Crippen LogP contribution in [0.15, 0.2) is 42.7 Å². The van der Waals surface area contributed by atoms with Gasteiger partial charge in [0, 0.05) is 24.8 Å². The molecule has 0 spiro atoms. The predicted octanol–water partition coefficient (Wildman–Crippen LogP) is 7.04. The van der Waals surface area contributed by atoms with Crippen molar-refractivity contribution in [1.29, 1.82) is 0 Å². The average molecular weight is 646 g/mol. The highest BCUT2D eigenvalue weighted by molar-refractivity contribution is 5.96. The zero-order chi connectivity index (χ0) is 32.6. The number of nitrogens with one attached hydrogen (secondary N) is 2. The van der Waals surface area contributed by atoms with Crippen molar-refractivity contribution >= 4 is 17.5 Å². The fraction of sp³-hybridized carbons (Fsp3) is 0.533. The van der Waals surface area contributed by atoms with Crippen LogP contribution in [0.4, 0.5) is 35.1 Å². The van der Waals surface area contributed by atoms with Gasteiger partial charge in [0.25, 0.3) is 5.91 Å². The Bertz CT molecular complexity index is 1520. The highest BCUT2D eigenvalue weighted by atomic mass is 19.4. The molecule has 2 N–H and O–H groups in total. The van der Waals surface area contributed by atoms with Gasteiger partial charge in [-0.3, -0.25) is 9.59 Å². The number of nitrogens with zero attached hydrogens (tertiary/aromatic N) is 3. The minimum Gasteiger partial charge on any atom is -0.349 e. The van der Waals surface area contributed by atoms with E-state index in [4.69, 9.17) is 0 Å². The monoisotopic (exact) mass is 645 g/mol. The van der Waals surface area contributed by atoms with Gasteiger partial charge >= 0.3 is 12.4 Å². The van der Waals surface area contributed by atoms with Crippen molar-refractivity contribution in [3.05, 3.63) is 65.1 Å². The molecule has 7 nitrogen and oxygen atoms in total. The summed E-state index contributed by atoms with van der Waals surface area (Å²) in [6.07, 6.45) is -8.68. The Morgan fingerprint density at radius 2 is 1.60 bits per heavy atom. The molecule has 2 aromatic heterocycles. The van der Waals surface area contributed by atoms with Crippen molar-refractivity contribution in [3.8, 4) is 0 Å². The number of alkyl halides is 8. The first-order valence-electron chi connectivity index (χ1n) is 14.6. The number of hydrogen-bond donors (Lipinski definition) is 2. The van der Waals surface area contributed by atoms with Gasteiger partial charge in [0.15, 0.2) is 5.65 Å². The number of amides is 2. The number of benzene rings is 1. The van der Waals surface area contributed by atoms with Crippen molar-refractivity contribution in [2.24, 2.45) is 11.8 Å². The van der Waals surface area contributed by atoms with Crippen LogP contribution in [-0.4, -0.2) is 44.7 Å². The predicted molar refractivity (Wildman–Crippen MR) is 145 cm³/mol. The van der Waals surface area contributed by atoms with Gasteiger partial charge < -0.3 is 10.6 Å². The molecule has 5 rings (SSSR count). The minimum absolute atomic E-state index is 0.00577. The van der Waals surface area contributed by atoms with E-state index in [2.05, 4.69) is 20.7 Å². The van der Waals surface area contributed by atoms with Gasteiger partial charge in [-0.1, -0.05) is 18.2 Å². The lowest BCUT2D eigenvalue weighted by atomic mass is 9.81. The van der Waals surface area contributed by atoms with E-state index in [0.717, 1.165) is 12.8 Å². The van der Waals surface area contributed by atoms with Crippen molar-refractivity contribution in [2.75, 3.05) is 0 Å². The highest BCUT2D eigenvalue weighted by Crippen LogP contribution is 2.43. The van der Waals surface area contributed by atoms with E-state index in [1.807, 2.05) is 0 Å². The molecule has 2 heterocycles. The molecule has 1 aromatic carbocycles. The standard InChI is InChI=1S/C30H31F8N5O2/c31-28(32)10-7-18(8-11-28)26(42-27(45)21-4-2-1-3-19(21)14-30(36,37)38)22-16-43-23(40-22)13-20(15-39-43)25(17-5-6-17)41-24(44)9-12-29(33,34)35/h1-4,13,15-18,25-26H,5-12,14H2,(H,41,44)(H,42,45)/t25-,26+/m1/s1. The lowest BCUT2D eigenvalue weighted by Gasteiger charge is -2.33. The van der Waals surface area contributed by atoms with Gasteiger partial charge in [0.1, 0.15) is 0 Å². The third-order valence-corrected chi connectivity index (χ3v) is 8.26. The van der Waals surface area contributed by atoms with Crippen LogP contribution in [0.1, 0.15) is 90.6 Å². The number of aromatic nitrogens is 3. The average Bonchev–Trinajstić information content (AvgIpc) is 3.70. The topological polar surface area (TPSA) is 88.4 Å². The molecule has 0 bridgehead atoms. The first-order chi connectivity index (χ1) is 21.1. The Kier molecular flexibility index (Phi) is 9.09. The Morgan fingerprint density at radius 3 is 2.24 bits per heavy atom. The summed E-state index contributed by atoms with van der Waals surface area (Å²) in [5.74, 6) is -4.93. The SMILES string of the molecule is O=C(CCC(F)(F)F)N[C@@H](c1cnn2cc([C@@H](NC(=O)c3ccccc3CC(F)(F)F)C3CCC(F)(F)CC3)nc2c1)C1CC1. The number of halogens is 8. The number of hydrogen-bond acceptors (Lipinski definition) is 4. The van der Waals surface area contributed by atoms with E-state index < -0.39 is 80.2 Å². The molecular formula is C30H31F8N5O2. The lowest BCUT2D eigenvalue weighted by molar-refractivity contribution is -0.144. The van der Waals surface area contributed by atoms with E-state index in [0.29, 0.717) is 5.56 Å². The van der Waals surface area contributed by atoms with Gasteiger partial charge in [-0.25, -0.2) is 18.3 Å². The molecule has 0 aliphatic heterocycles. The van der Waals surface area contributed by atoms with Crippen molar-refractivity contribution < 1.29 is 44.7 Å². The van der Waals surface area contributed by atoms with Crippen LogP contribution in [0.2, 0.25) is 0 Å². The highest BCUT2D eigenvalue weighted by Gasteiger charge is 2.40. The van der Waals surface area contributed by atoms with E-state index in [-0.39, 0.29) is 41.2 Å². The summed E-state index contributed by atoms with van der Waals surface area (Å²) < 4.78 is 107. The van der Waals surface area contributed by atoms with Gasteiger partial charge in [0.05, 0.1) is 43.0 Å². The van der Waals surface area contributed by atoms with Gasteiger partial charge in [-0.05, 0) is 60.8 Å². The summed E-state index contributed by atoms with van der Waals surface area (Å²) in [6.45, 7) is 0. The Balaban J connectivity index is 1.42. The van der Waals surface area contributed by atoms with Crippen LogP contribution in [0.3, 0.4) is 0 Å². The second-order valence-electron chi connectivity index (χ2n) is 11.8. The summed E-state index contributed by atoms with van der Waals surface area (Å²) >= 11 is 0. The second kappa shape index (κ2) is 12.5. The van der Waals surface area contributed by atoms with Crippen LogP contribution >= 0.6 is 0 Å². The summed E-state index contributed by atoms with van der Waals surface area (Å²) in [6, 6.07) is 5.37. The molecule has 2 saturated carbocycles. The van der Waals surface area contributed by atoms with E-state index in [1.165, 1.54) is 41.2 Å². The van der Waals surface area contributed by atoms with Crippen LogP contribution < -0.4 is 10.6 Å². The van der Waals surface area contributed by atoms with Gasteiger partial charge in [-0.15, -0.1) is 0 Å². The quantitative estimate of drug-likeness (QED) is 0.232. The first kappa shape index (κ1) is 32.6. The number of rotatable bonds is 10. The fourth-order valence-corrected chi connectivity index (χ4v) is 5.79. The molecule has 244 valence electrons. The molecule has 0 unspecified atom stereocenters. The van der Waals surface area contributed by atoms with Crippen molar-refractivity contribution in [3.63, 3.8) is 0 Å². The Hall–Kier alpha value is -3.78. The van der Waals surface area contributed by atoms with E-state index in [1.54, 1.807) is 6.07 Å². The zero-order valence-electron chi connectivity index (χ0n) is 23.9. The Morgan fingerprint density at radius 1 is 0.933 bits per heavy atom. The number of carbonyl (C=O) groups excluding carboxylic acids is 2. The van der Waals surface area contributed by atoms with Gasteiger partial charge in [-0.2, -0.15) is 31.4 Å². The molecule has 2 atom stereocenters. The van der Waals surface area contributed by atoms with Crippen molar-refractivity contribution in [2.45, 2.75) is 88.1 Å². The van der Waals surface area contributed by atoms with E-state index in [9.17, 15) is 44.7 Å². The fourth-order valence-electron chi connectivity index (χ4n) is 5.79. The molecular weight excluding hydrogens is 614 g/mol. The molecule has 45 heavy (non-hydrogen) atoms. The maximum atomic E-state index is 14.0.